The molecule has 1 saturated heterocycles. The maximum absolute atomic E-state index is 11.8. The summed E-state index contributed by atoms with van der Waals surface area (Å²) in [7, 11) is 0. The fourth-order valence-corrected chi connectivity index (χ4v) is 2.21. The molecule has 25 heavy (non-hydrogen) atoms. The lowest BCUT2D eigenvalue weighted by Gasteiger charge is -2.17. The van der Waals surface area contributed by atoms with Gasteiger partial charge in [-0.1, -0.05) is 18.2 Å². The Bertz CT molecular complexity index is 649. The minimum atomic E-state index is -0.931. The van der Waals surface area contributed by atoms with Crippen molar-refractivity contribution in [1.82, 2.24) is 16.0 Å². The van der Waals surface area contributed by atoms with E-state index in [2.05, 4.69) is 16.0 Å². The lowest BCUT2D eigenvalue weighted by Crippen LogP contribution is -2.45. The monoisotopic (exact) mass is 349 g/mol. The third kappa shape index (κ3) is 5.20. The second-order valence-corrected chi connectivity index (χ2v) is 5.19. The van der Waals surface area contributed by atoms with Crippen LogP contribution < -0.4 is 16.0 Å². The van der Waals surface area contributed by atoms with Gasteiger partial charge in [-0.05, 0) is 19.1 Å². The van der Waals surface area contributed by atoms with Gasteiger partial charge < -0.3 is 25.4 Å². The van der Waals surface area contributed by atoms with Crippen LogP contribution in [-0.4, -0.2) is 55.7 Å². The molecular formula is C16H19N3O6. The first-order valence-electron chi connectivity index (χ1n) is 7.73. The van der Waals surface area contributed by atoms with E-state index in [-0.39, 0.29) is 19.8 Å². The molecule has 3 amide bonds. The van der Waals surface area contributed by atoms with E-state index in [0.717, 1.165) is 0 Å². The number of esters is 2. The van der Waals surface area contributed by atoms with Crippen LogP contribution in [-0.2, 0) is 19.1 Å². The molecule has 0 aliphatic carbocycles. The Morgan fingerprint density at radius 2 is 1.84 bits per heavy atom. The molecule has 9 heteroatoms. The minimum Gasteiger partial charge on any atom is -0.464 e. The first-order valence-corrected chi connectivity index (χ1v) is 7.73. The van der Waals surface area contributed by atoms with Gasteiger partial charge in [-0.15, -0.1) is 0 Å². The van der Waals surface area contributed by atoms with Crippen molar-refractivity contribution in [3.8, 4) is 0 Å². The van der Waals surface area contributed by atoms with Crippen LogP contribution in [0.25, 0.3) is 0 Å². The molecule has 0 spiro atoms. The maximum atomic E-state index is 11.8. The minimum absolute atomic E-state index is 0.170. The summed E-state index contributed by atoms with van der Waals surface area (Å²) in [5.41, 5.74) is 0.421. The van der Waals surface area contributed by atoms with Crippen LogP contribution in [0.3, 0.4) is 0 Å². The number of amides is 3. The van der Waals surface area contributed by atoms with Crippen LogP contribution >= 0.6 is 0 Å². The van der Waals surface area contributed by atoms with Gasteiger partial charge >= 0.3 is 18.0 Å². The highest BCUT2D eigenvalue weighted by Gasteiger charge is 2.38. The molecule has 134 valence electrons. The van der Waals surface area contributed by atoms with E-state index in [4.69, 9.17) is 9.47 Å². The molecule has 2 unspecified atom stereocenters. The van der Waals surface area contributed by atoms with Crippen molar-refractivity contribution in [2.75, 3.05) is 19.8 Å². The molecular weight excluding hydrogens is 330 g/mol. The highest BCUT2D eigenvalue weighted by atomic mass is 16.5. The van der Waals surface area contributed by atoms with Crippen molar-refractivity contribution in [1.29, 1.82) is 0 Å². The van der Waals surface area contributed by atoms with Crippen LogP contribution in [0, 0.1) is 0 Å². The van der Waals surface area contributed by atoms with Gasteiger partial charge in [-0.25, -0.2) is 9.59 Å². The standard InChI is InChI=1S/C16H19N3O6/c1-2-24-15(22)13-11(18-16(23)19-13)9-25-12(20)8-17-14(21)10-6-4-3-5-7-10/h3-7,11,13H,2,8-9H2,1H3,(H,17,21)(H2,18,19,23). The lowest BCUT2D eigenvalue weighted by atomic mass is 10.1. The summed E-state index contributed by atoms with van der Waals surface area (Å²) in [6.07, 6.45) is 0. The Morgan fingerprint density at radius 3 is 2.52 bits per heavy atom. The van der Waals surface area contributed by atoms with Gasteiger partial charge in [0, 0.05) is 5.56 Å². The van der Waals surface area contributed by atoms with Crippen molar-refractivity contribution in [3.63, 3.8) is 0 Å². The summed E-state index contributed by atoms with van der Waals surface area (Å²) >= 11 is 0. The highest BCUT2D eigenvalue weighted by Crippen LogP contribution is 2.05. The Kier molecular flexibility index (Phi) is 6.33. The third-order valence-electron chi connectivity index (χ3n) is 3.40. The molecule has 0 radical (unpaired) electrons. The smallest absolute Gasteiger partial charge is 0.330 e. The molecule has 1 heterocycles. The van der Waals surface area contributed by atoms with Crippen LogP contribution in [0.15, 0.2) is 30.3 Å². The molecule has 1 fully saturated rings. The van der Waals surface area contributed by atoms with Crippen molar-refractivity contribution < 1.29 is 28.7 Å². The first-order chi connectivity index (χ1) is 12.0. The number of rotatable bonds is 7. The highest BCUT2D eigenvalue weighted by molar-refractivity contribution is 5.95. The summed E-state index contributed by atoms with van der Waals surface area (Å²) in [5, 5.41) is 7.30. The Balaban J connectivity index is 1.78. The van der Waals surface area contributed by atoms with Crippen LogP contribution in [0.2, 0.25) is 0 Å². The number of ether oxygens (including phenoxy) is 2. The normalized spacial score (nSPS) is 18.7. The van der Waals surface area contributed by atoms with Gasteiger partial charge in [-0.3, -0.25) is 9.59 Å². The van der Waals surface area contributed by atoms with Crippen molar-refractivity contribution in [2.45, 2.75) is 19.0 Å². The quantitative estimate of drug-likeness (QED) is 0.574. The topological polar surface area (TPSA) is 123 Å². The van der Waals surface area contributed by atoms with Gasteiger partial charge in [0.2, 0.25) is 0 Å². The van der Waals surface area contributed by atoms with Crippen LogP contribution in [0.4, 0.5) is 4.79 Å². The number of hydrogen-bond acceptors (Lipinski definition) is 6. The number of urea groups is 1. The van der Waals surface area contributed by atoms with Gasteiger partial charge in [0.05, 0.1) is 12.6 Å². The average molecular weight is 349 g/mol. The predicted molar refractivity (Wildman–Crippen MR) is 85.6 cm³/mol. The summed E-state index contributed by atoms with van der Waals surface area (Å²) in [5.74, 6) is -1.70. The second kappa shape index (κ2) is 8.67. The zero-order valence-electron chi connectivity index (χ0n) is 13.6. The Hall–Kier alpha value is -3.10. The molecule has 1 aliphatic heterocycles. The number of nitrogens with one attached hydrogen (secondary N) is 3. The lowest BCUT2D eigenvalue weighted by molar-refractivity contribution is -0.149. The van der Waals surface area contributed by atoms with Crippen molar-refractivity contribution in [3.05, 3.63) is 35.9 Å². The average Bonchev–Trinajstić information content (AvgIpc) is 2.99. The number of hydrogen-bond donors (Lipinski definition) is 3. The third-order valence-corrected chi connectivity index (χ3v) is 3.40. The summed E-state index contributed by atoms with van der Waals surface area (Å²) in [6.45, 7) is 1.27. The molecule has 3 N–H and O–H groups in total. The largest absolute Gasteiger partial charge is 0.464 e. The molecule has 9 nitrogen and oxygen atoms in total. The van der Waals surface area contributed by atoms with Gasteiger partial charge in [0.1, 0.15) is 13.2 Å². The zero-order chi connectivity index (χ0) is 18.2. The Labute approximate surface area is 144 Å². The van der Waals surface area contributed by atoms with Crippen LogP contribution in [0.1, 0.15) is 17.3 Å². The van der Waals surface area contributed by atoms with E-state index in [0.29, 0.717) is 5.56 Å². The molecule has 0 saturated carbocycles. The molecule has 1 aliphatic rings. The van der Waals surface area contributed by atoms with E-state index in [1.165, 1.54) is 0 Å². The fraction of sp³-hybridized carbons (Fsp3) is 0.375. The first kappa shape index (κ1) is 18.2. The van der Waals surface area contributed by atoms with Gasteiger partial charge in [0.15, 0.2) is 6.04 Å². The molecule has 0 aromatic heterocycles. The van der Waals surface area contributed by atoms with Gasteiger partial charge in [0.25, 0.3) is 5.91 Å². The zero-order valence-corrected chi connectivity index (χ0v) is 13.6. The van der Waals surface area contributed by atoms with Gasteiger partial charge in [-0.2, -0.15) is 0 Å². The summed E-state index contributed by atoms with van der Waals surface area (Å²) < 4.78 is 9.85. The maximum Gasteiger partial charge on any atom is 0.330 e. The van der Waals surface area contributed by atoms with E-state index in [9.17, 15) is 19.2 Å². The molecule has 2 rings (SSSR count). The predicted octanol–water partition coefficient (Wildman–Crippen LogP) is -0.427. The molecule has 0 bridgehead atoms. The second-order valence-electron chi connectivity index (χ2n) is 5.19. The van der Waals surface area contributed by atoms with Crippen molar-refractivity contribution >= 4 is 23.9 Å². The van der Waals surface area contributed by atoms with Crippen LogP contribution in [0.5, 0.6) is 0 Å². The number of benzene rings is 1. The fourth-order valence-electron chi connectivity index (χ4n) is 2.21. The molecule has 1 aromatic rings. The van der Waals surface area contributed by atoms with E-state index >= 15 is 0 Å². The van der Waals surface area contributed by atoms with E-state index < -0.39 is 36.0 Å². The van der Waals surface area contributed by atoms with E-state index in [1.807, 2.05) is 0 Å². The molecule has 1 aromatic carbocycles. The SMILES string of the molecule is CCOC(=O)C1NC(=O)NC1COC(=O)CNC(=O)c1ccccc1. The summed E-state index contributed by atoms with van der Waals surface area (Å²) in [4.78, 5) is 46.7. The molecule has 2 atom stereocenters. The number of carbonyl (C=O) groups is 4. The Morgan fingerprint density at radius 1 is 1.12 bits per heavy atom. The summed E-state index contributed by atoms with van der Waals surface area (Å²) in [6, 6.07) is 6.21. The number of carbonyl (C=O) groups excluding carboxylic acids is 4. The van der Waals surface area contributed by atoms with E-state index in [1.54, 1.807) is 37.3 Å². The van der Waals surface area contributed by atoms with Crippen molar-refractivity contribution in [2.24, 2.45) is 0 Å².